The van der Waals surface area contributed by atoms with Gasteiger partial charge < -0.3 is 14.6 Å². The highest BCUT2D eigenvalue weighted by Crippen LogP contribution is 2.36. The minimum Gasteiger partial charge on any atom is -0.384 e. The first-order chi connectivity index (χ1) is 9.34. The van der Waals surface area contributed by atoms with Crippen molar-refractivity contribution in [2.24, 2.45) is 0 Å². The number of hydrogen-bond acceptors (Lipinski definition) is 5. The summed E-state index contributed by atoms with van der Waals surface area (Å²) in [5.41, 5.74) is -0.0795. The Labute approximate surface area is 114 Å². The molecule has 2 heterocycles. The summed E-state index contributed by atoms with van der Waals surface area (Å²) in [6.45, 7) is 2.65. The second-order valence-corrected chi connectivity index (χ2v) is 5.90. The first-order valence-corrected chi connectivity index (χ1v) is 7.38. The van der Waals surface area contributed by atoms with Crippen LogP contribution in [0.5, 0.6) is 0 Å². The van der Waals surface area contributed by atoms with Crippen LogP contribution < -0.4 is 5.32 Å². The van der Waals surface area contributed by atoms with Crippen molar-refractivity contribution in [3.8, 4) is 0 Å². The third kappa shape index (κ3) is 2.54. The van der Waals surface area contributed by atoms with E-state index in [1.807, 2.05) is 0 Å². The summed E-state index contributed by atoms with van der Waals surface area (Å²) in [6, 6.07) is 0. The quantitative estimate of drug-likeness (QED) is 0.902. The lowest BCUT2D eigenvalue weighted by atomic mass is 9.79. The van der Waals surface area contributed by atoms with Crippen LogP contribution in [0, 0.1) is 0 Å². The monoisotopic (exact) mass is 265 g/mol. The fraction of sp³-hybridized carbons (Fsp3) is 0.857. The summed E-state index contributed by atoms with van der Waals surface area (Å²) in [4.78, 5) is 4.72. The van der Waals surface area contributed by atoms with Crippen LogP contribution in [0.1, 0.15) is 56.2 Å². The first kappa shape index (κ1) is 13.1. The SMILES string of the molecule is COCC1(c2nc(C3CCCC3)no2)CCNCC1. The van der Waals surface area contributed by atoms with Gasteiger partial charge in [0.25, 0.3) is 0 Å². The predicted molar refractivity (Wildman–Crippen MR) is 71.2 cm³/mol. The van der Waals surface area contributed by atoms with E-state index < -0.39 is 0 Å². The van der Waals surface area contributed by atoms with E-state index >= 15 is 0 Å². The molecule has 1 saturated carbocycles. The summed E-state index contributed by atoms with van der Waals surface area (Å²) >= 11 is 0. The predicted octanol–water partition coefficient (Wildman–Crippen LogP) is 1.99. The molecule has 0 unspecified atom stereocenters. The lowest BCUT2D eigenvalue weighted by Crippen LogP contribution is -2.43. The van der Waals surface area contributed by atoms with E-state index in [1.54, 1.807) is 7.11 Å². The fourth-order valence-electron chi connectivity index (χ4n) is 3.40. The smallest absolute Gasteiger partial charge is 0.235 e. The van der Waals surface area contributed by atoms with Crippen LogP contribution in [0.25, 0.3) is 0 Å². The van der Waals surface area contributed by atoms with E-state index in [4.69, 9.17) is 14.2 Å². The zero-order valence-corrected chi connectivity index (χ0v) is 11.7. The van der Waals surface area contributed by atoms with Crippen molar-refractivity contribution in [1.82, 2.24) is 15.5 Å². The van der Waals surface area contributed by atoms with Crippen LogP contribution in [0.2, 0.25) is 0 Å². The van der Waals surface area contributed by atoms with Gasteiger partial charge in [0.15, 0.2) is 5.82 Å². The van der Waals surface area contributed by atoms with Crippen molar-refractivity contribution < 1.29 is 9.26 Å². The molecule has 0 atom stereocenters. The van der Waals surface area contributed by atoms with Gasteiger partial charge in [0.1, 0.15) is 0 Å². The zero-order valence-electron chi connectivity index (χ0n) is 11.7. The number of hydrogen-bond donors (Lipinski definition) is 1. The minimum atomic E-state index is -0.0795. The van der Waals surface area contributed by atoms with Gasteiger partial charge in [0.05, 0.1) is 12.0 Å². The van der Waals surface area contributed by atoms with Crippen molar-refractivity contribution in [1.29, 1.82) is 0 Å². The van der Waals surface area contributed by atoms with Crippen LogP contribution in [0.4, 0.5) is 0 Å². The highest BCUT2D eigenvalue weighted by molar-refractivity contribution is 5.10. The summed E-state index contributed by atoms with van der Waals surface area (Å²) in [7, 11) is 1.75. The number of aromatic nitrogens is 2. The van der Waals surface area contributed by atoms with Crippen LogP contribution in [0.3, 0.4) is 0 Å². The molecule has 1 aliphatic carbocycles. The molecule has 19 heavy (non-hydrogen) atoms. The average molecular weight is 265 g/mol. The van der Waals surface area contributed by atoms with Gasteiger partial charge in [-0.05, 0) is 38.8 Å². The molecule has 0 aromatic carbocycles. The molecule has 1 saturated heterocycles. The molecule has 0 spiro atoms. The van der Waals surface area contributed by atoms with Crippen LogP contribution >= 0.6 is 0 Å². The largest absolute Gasteiger partial charge is 0.384 e. The summed E-state index contributed by atoms with van der Waals surface area (Å²) in [5.74, 6) is 2.22. The van der Waals surface area contributed by atoms with E-state index in [9.17, 15) is 0 Å². The number of nitrogens with zero attached hydrogens (tertiary/aromatic N) is 2. The van der Waals surface area contributed by atoms with Crippen LogP contribution in [0.15, 0.2) is 4.52 Å². The average Bonchev–Trinajstić information content (AvgIpc) is 3.11. The molecule has 1 aromatic heterocycles. The highest BCUT2D eigenvalue weighted by atomic mass is 16.5. The number of rotatable bonds is 4. The molecule has 1 N–H and O–H groups in total. The molecule has 2 aliphatic rings. The Morgan fingerprint density at radius 2 is 2.05 bits per heavy atom. The maximum absolute atomic E-state index is 5.60. The number of nitrogens with one attached hydrogen (secondary N) is 1. The summed E-state index contributed by atoms with van der Waals surface area (Å²) in [6.07, 6.45) is 7.01. The normalized spacial score (nSPS) is 23.8. The molecule has 0 radical (unpaired) electrons. The lowest BCUT2D eigenvalue weighted by Gasteiger charge is -2.33. The van der Waals surface area contributed by atoms with Crippen molar-refractivity contribution in [2.75, 3.05) is 26.8 Å². The minimum absolute atomic E-state index is 0.0795. The number of piperidine rings is 1. The molecule has 0 amide bonds. The summed E-state index contributed by atoms with van der Waals surface area (Å²) < 4.78 is 11.0. The van der Waals surface area contributed by atoms with Crippen LogP contribution in [-0.4, -0.2) is 36.9 Å². The van der Waals surface area contributed by atoms with Gasteiger partial charge in [-0.1, -0.05) is 18.0 Å². The van der Waals surface area contributed by atoms with Gasteiger partial charge >= 0.3 is 0 Å². The summed E-state index contributed by atoms with van der Waals surface area (Å²) in [5, 5.41) is 7.62. The Balaban J connectivity index is 1.81. The van der Waals surface area contributed by atoms with Gasteiger partial charge in [0.2, 0.25) is 5.89 Å². The third-order valence-electron chi connectivity index (χ3n) is 4.60. The zero-order chi connectivity index (χ0) is 13.1. The van der Waals surface area contributed by atoms with Gasteiger partial charge in [-0.15, -0.1) is 0 Å². The van der Waals surface area contributed by atoms with Gasteiger partial charge in [-0.3, -0.25) is 0 Å². The molecule has 1 aromatic rings. The first-order valence-electron chi connectivity index (χ1n) is 7.38. The molecular formula is C14H23N3O2. The second-order valence-electron chi connectivity index (χ2n) is 5.90. The van der Waals surface area contributed by atoms with Crippen LogP contribution in [-0.2, 0) is 10.2 Å². The third-order valence-corrected chi connectivity index (χ3v) is 4.60. The van der Waals surface area contributed by atoms with Gasteiger partial charge in [-0.25, -0.2) is 0 Å². The molecule has 1 aliphatic heterocycles. The van der Waals surface area contributed by atoms with Gasteiger partial charge in [0, 0.05) is 13.0 Å². The van der Waals surface area contributed by atoms with Crippen molar-refractivity contribution in [2.45, 2.75) is 49.9 Å². The Hall–Kier alpha value is -0.940. The lowest BCUT2D eigenvalue weighted by molar-refractivity contribution is 0.0849. The topological polar surface area (TPSA) is 60.2 Å². The van der Waals surface area contributed by atoms with Gasteiger partial charge in [-0.2, -0.15) is 4.98 Å². The second kappa shape index (κ2) is 5.59. The van der Waals surface area contributed by atoms with E-state index in [0.29, 0.717) is 12.5 Å². The Kier molecular flexibility index (Phi) is 3.84. The molecule has 106 valence electrons. The molecule has 2 fully saturated rings. The Bertz CT molecular complexity index is 401. The van der Waals surface area contributed by atoms with E-state index in [0.717, 1.165) is 37.6 Å². The number of ether oxygens (including phenoxy) is 1. The van der Waals surface area contributed by atoms with E-state index in [2.05, 4.69) is 10.5 Å². The molecule has 5 nitrogen and oxygen atoms in total. The maximum atomic E-state index is 5.60. The molecule has 0 bridgehead atoms. The van der Waals surface area contributed by atoms with E-state index in [1.165, 1.54) is 25.7 Å². The fourth-order valence-corrected chi connectivity index (χ4v) is 3.40. The van der Waals surface area contributed by atoms with Crippen molar-refractivity contribution >= 4 is 0 Å². The molecule has 5 heteroatoms. The standard InChI is InChI=1S/C14H23N3O2/c1-18-10-14(6-8-15-9-7-14)13-16-12(17-19-13)11-4-2-3-5-11/h11,15H,2-10H2,1H3. The maximum Gasteiger partial charge on any atom is 0.235 e. The molecule has 3 rings (SSSR count). The number of methoxy groups -OCH3 is 1. The van der Waals surface area contributed by atoms with E-state index in [-0.39, 0.29) is 5.41 Å². The molecular weight excluding hydrogens is 242 g/mol. The Morgan fingerprint density at radius 3 is 2.74 bits per heavy atom. The van der Waals surface area contributed by atoms with Crippen molar-refractivity contribution in [3.05, 3.63) is 11.7 Å². The Morgan fingerprint density at radius 1 is 1.32 bits per heavy atom. The van der Waals surface area contributed by atoms with Crippen molar-refractivity contribution in [3.63, 3.8) is 0 Å². The highest BCUT2D eigenvalue weighted by Gasteiger charge is 2.40.